The van der Waals surface area contributed by atoms with Crippen molar-refractivity contribution in [2.45, 2.75) is 58.3 Å². The number of hydrogen-bond acceptors (Lipinski definition) is 1. The second-order valence-corrected chi connectivity index (χ2v) is 6.42. The Kier molecular flexibility index (Phi) is 5.02. The van der Waals surface area contributed by atoms with E-state index in [0.29, 0.717) is 0 Å². The molecule has 1 nitrogen and oxygen atoms in total. The van der Waals surface area contributed by atoms with Gasteiger partial charge in [-0.25, -0.2) is 0 Å². The van der Waals surface area contributed by atoms with Gasteiger partial charge in [0.25, 0.3) is 0 Å². The van der Waals surface area contributed by atoms with Crippen LogP contribution in [0.3, 0.4) is 0 Å². The fraction of sp³-hybridized carbons (Fsp3) is 0.611. The number of rotatable bonds is 4. The average molecular weight is 255 g/mol. The lowest BCUT2D eigenvalue weighted by Gasteiger charge is -2.29. The van der Waals surface area contributed by atoms with Crippen molar-refractivity contribution in [3.8, 4) is 6.07 Å². The van der Waals surface area contributed by atoms with Crippen LogP contribution in [-0.4, -0.2) is 0 Å². The molecule has 1 aliphatic rings. The molecule has 0 N–H and O–H groups in total. The molecule has 1 aromatic rings. The van der Waals surface area contributed by atoms with Gasteiger partial charge in [-0.2, -0.15) is 5.26 Å². The second-order valence-electron chi connectivity index (χ2n) is 6.42. The first-order valence-electron chi connectivity index (χ1n) is 7.69. The fourth-order valence-corrected chi connectivity index (χ4v) is 3.18. The van der Waals surface area contributed by atoms with Gasteiger partial charge in [0, 0.05) is 0 Å². The minimum atomic E-state index is 0.725. The van der Waals surface area contributed by atoms with E-state index in [1.54, 1.807) is 0 Å². The lowest BCUT2D eigenvalue weighted by Crippen LogP contribution is -2.14. The van der Waals surface area contributed by atoms with E-state index in [2.05, 4.69) is 32.0 Å². The van der Waals surface area contributed by atoms with Gasteiger partial charge in [-0.05, 0) is 61.1 Å². The van der Waals surface area contributed by atoms with Crippen LogP contribution in [0.15, 0.2) is 24.3 Å². The van der Waals surface area contributed by atoms with Gasteiger partial charge >= 0.3 is 0 Å². The van der Waals surface area contributed by atoms with E-state index in [1.165, 1.54) is 44.1 Å². The maximum atomic E-state index is 8.83. The van der Waals surface area contributed by atoms with Gasteiger partial charge < -0.3 is 0 Å². The summed E-state index contributed by atoms with van der Waals surface area (Å²) >= 11 is 0. The summed E-state index contributed by atoms with van der Waals surface area (Å²) in [6.07, 6.45) is 8.22. The van der Waals surface area contributed by atoms with Gasteiger partial charge in [0.2, 0.25) is 0 Å². The zero-order chi connectivity index (χ0) is 13.7. The quantitative estimate of drug-likeness (QED) is 0.719. The maximum Gasteiger partial charge on any atom is 0.0991 e. The van der Waals surface area contributed by atoms with Crippen molar-refractivity contribution >= 4 is 0 Å². The highest BCUT2D eigenvalue weighted by Gasteiger charge is 2.22. The van der Waals surface area contributed by atoms with Crippen molar-refractivity contribution in [2.75, 3.05) is 0 Å². The highest BCUT2D eigenvalue weighted by atomic mass is 14.3. The molecule has 1 saturated carbocycles. The standard InChI is InChI=1S/C18H25N/c1-14(2)3-4-15-5-9-17(10-6-15)18-11-7-16(13-19)8-12-18/h7-8,11-12,14-15,17H,3-6,9-10H2,1-2H3/t15-,17-. The molecule has 0 aromatic heterocycles. The van der Waals surface area contributed by atoms with Crippen molar-refractivity contribution in [1.82, 2.24) is 0 Å². The van der Waals surface area contributed by atoms with E-state index >= 15 is 0 Å². The number of benzene rings is 1. The first kappa shape index (κ1) is 14.1. The SMILES string of the molecule is CC(C)CC[C@H]1CC[C@H](c2ccc(C#N)cc2)CC1. The molecule has 0 radical (unpaired) electrons. The summed E-state index contributed by atoms with van der Waals surface area (Å²) in [6, 6.07) is 10.4. The van der Waals surface area contributed by atoms with Gasteiger partial charge in [-0.15, -0.1) is 0 Å². The molecule has 0 spiro atoms. The van der Waals surface area contributed by atoms with Crippen molar-refractivity contribution in [3.63, 3.8) is 0 Å². The van der Waals surface area contributed by atoms with Crippen LogP contribution in [0, 0.1) is 23.2 Å². The molecule has 0 saturated heterocycles. The molecule has 1 aliphatic carbocycles. The molecule has 0 bridgehead atoms. The zero-order valence-electron chi connectivity index (χ0n) is 12.2. The lowest BCUT2D eigenvalue weighted by molar-refractivity contribution is 0.293. The Hall–Kier alpha value is -1.29. The number of hydrogen-bond donors (Lipinski definition) is 0. The van der Waals surface area contributed by atoms with Crippen molar-refractivity contribution < 1.29 is 0 Å². The first-order chi connectivity index (χ1) is 9.19. The third-order valence-electron chi connectivity index (χ3n) is 4.51. The molecule has 1 aromatic carbocycles. The van der Waals surface area contributed by atoms with E-state index < -0.39 is 0 Å². The van der Waals surface area contributed by atoms with Crippen molar-refractivity contribution in [3.05, 3.63) is 35.4 Å². The third kappa shape index (κ3) is 4.10. The Labute approximate surface area is 117 Å². The van der Waals surface area contributed by atoms with Gasteiger partial charge in [-0.3, -0.25) is 0 Å². The van der Waals surface area contributed by atoms with Crippen LogP contribution in [0.25, 0.3) is 0 Å². The van der Waals surface area contributed by atoms with Crippen LogP contribution in [0.4, 0.5) is 0 Å². The molecule has 0 atom stereocenters. The summed E-state index contributed by atoms with van der Waals surface area (Å²) in [4.78, 5) is 0. The summed E-state index contributed by atoms with van der Waals surface area (Å²) in [7, 11) is 0. The average Bonchev–Trinajstić information content (AvgIpc) is 2.46. The highest BCUT2D eigenvalue weighted by Crippen LogP contribution is 2.37. The van der Waals surface area contributed by atoms with Gasteiger partial charge in [0.15, 0.2) is 0 Å². The van der Waals surface area contributed by atoms with E-state index in [0.717, 1.165) is 23.3 Å². The van der Waals surface area contributed by atoms with Crippen molar-refractivity contribution in [1.29, 1.82) is 5.26 Å². The Bertz CT molecular complexity index is 416. The molecular formula is C18H25N. The van der Waals surface area contributed by atoms with Crippen LogP contribution in [-0.2, 0) is 0 Å². The van der Waals surface area contributed by atoms with E-state index in [4.69, 9.17) is 5.26 Å². The lowest BCUT2D eigenvalue weighted by atomic mass is 9.76. The molecule has 2 rings (SSSR count). The Morgan fingerprint density at radius 1 is 1.11 bits per heavy atom. The van der Waals surface area contributed by atoms with Gasteiger partial charge in [0.1, 0.15) is 0 Å². The third-order valence-corrected chi connectivity index (χ3v) is 4.51. The fourth-order valence-electron chi connectivity index (χ4n) is 3.18. The van der Waals surface area contributed by atoms with Crippen LogP contribution < -0.4 is 0 Å². The topological polar surface area (TPSA) is 23.8 Å². The summed E-state index contributed by atoms with van der Waals surface area (Å²) in [6.45, 7) is 4.64. The Morgan fingerprint density at radius 3 is 2.26 bits per heavy atom. The van der Waals surface area contributed by atoms with E-state index in [9.17, 15) is 0 Å². The first-order valence-corrected chi connectivity index (χ1v) is 7.69. The minimum absolute atomic E-state index is 0.725. The van der Waals surface area contributed by atoms with E-state index in [-0.39, 0.29) is 0 Å². The van der Waals surface area contributed by atoms with Crippen molar-refractivity contribution in [2.24, 2.45) is 11.8 Å². The summed E-state index contributed by atoms with van der Waals surface area (Å²) < 4.78 is 0. The van der Waals surface area contributed by atoms with Gasteiger partial charge in [0.05, 0.1) is 11.6 Å². The molecule has 0 aliphatic heterocycles. The summed E-state index contributed by atoms with van der Waals surface area (Å²) in [5.74, 6) is 2.52. The molecule has 1 fully saturated rings. The van der Waals surface area contributed by atoms with E-state index in [1.807, 2.05) is 12.1 Å². The number of nitrogens with zero attached hydrogens (tertiary/aromatic N) is 1. The monoisotopic (exact) mass is 255 g/mol. The summed E-state index contributed by atoms with van der Waals surface area (Å²) in [5, 5.41) is 8.83. The zero-order valence-corrected chi connectivity index (χ0v) is 12.2. The molecule has 0 heterocycles. The molecular weight excluding hydrogens is 230 g/mol. The predicted molar refractivity (Wildman–Crippen MR) is 79.9 cm³/mol. The highest BCUT2D eigenvalue weighted by molar-refractivity contribution is 5.33. The minimum Gasteiger partial charge on any atom is -0.192 e. The molecule has 0 amide bonds. The Balaban J connectivity index is 1.84. The van der Waals surface area contributed by atoms with Crippen LogP contribution in [0.5, 0.6) is 0 Å². The molecule has 0 unspecified atom stereocenters. The molecule has 19 heavy (non-hydrogen) atoms. The second kappa shape index (κ2) is 6.75. The van der Waals surface area contributed by atoms with Crippen LogP contribution >= 0.6 is 0 Å². The van der Waals surface area contributed by atoms with Crippen LogP contribution in [0.1, 0.15) is 69.4 Å². The summed E-state index contributed by atoms with van der Waals surface area (Å²) in [5.41, 5.74) is 2.20. The largest absolute Gasteiger partial charge is 0.192 e. The smallest absolute Gasteiger partial charge is 0.0991 e. The molecule has 102 valence electrons. The maximum absolute atomic E-state index is 8.83. The predicted octanol–water partition coefficient (Wildman–Crippen LogP) is 5.27. The number of nitriles is 1. The van der Waals surface area contributed by atoms with Gasteiger partial charge in [-0.1, -0.05) is 38.8 Å². The normalized spacial score (nSPS) is 23.3. The van der Waals surface area contributed by atoms with Crippen LogP contribution in [0.2, 0.25) is 0 Å². The molecule has 1 heteroatoms. The Morgan fingerprint density at radius 2 is 1.74 bits per heavy atom.